The Kier molecular flexibility index (Phi) is 4.41. The van der Waals surface area contributed by atoms with Crippen molar-refractivity contribution in [1.29, 1.82) is 0 Å². The number of anilines is 1. The number of nitrogens with zero attached hydrogens (tertiary/aromatic N) is 3. The van der Waals surface area contributed by atoms with Crippen molar-refractivity contribution in [2.75, 3.05) is 45.2 Å². The van der Waals surface area contributed by atoms with Gasteiger partial charge in [-0.15, -0.1) is 0 Å². The van der Waals surface area contributed by atoms with E-state index in [4.69, 9.17) is 12.2 Å². The van der Waals surface area contributed by atoms with Crippen molar-refractivity contribution in [3.8, 4) is 0 Å². The van der Waals surface area contributed by atoms with Crippen molar-refractivity contribution in [2.45, 2.75) is 38.6 Å². The van der Waals surface area contributed by atoms with Gasteiger partial charge in [0.2, 0.25) is 0 Å². The molecule has 126 valence electrons. The number of hydrogen-bond acceptors (Lipinski definition) is 3. The zero-order chi connectivity index (χ0) is 16.8. The molecule has 2 aliphatic heterocycles. The maximum Gasteiger partial charge on any atom is 0.109 e. The summed E-state index contributed by atoms with van der Waals surface area (Å²) < 4.78 is 0. The van der Waals surface area contributed by atoms with Crippen LogP contribution in [-0.4, -0.2) is 60.6 Å². The van der Waals surface area contributed by atoms with Crippen LogP contribution in [0.1, 0.15) is 44.2 Å². The SMILES string of the molecule is CC1CC(C)(C)N(C)c2ccc(C(=S)N3CCN(C)CC3)cc21. The Morgan fingerprint density at radius 1 is 1.13 bits per heavy atom. The molecule has 1 aromatic rings. The molecule has 0 amide bonds. The highest BCUT2D eigenvalue weighted by atomic mass is 32.1. The highest BCUT2D eigenvalue weighted by Gasteiger charge is 2.34. The number of hydrogen-bond donors (Lipinski definition) is 0. The molecule has 23 heavy (non-hydrogen) atoms. The average Bonchev–Trinajstić information content (AvgIpc) is 2.52. The lowest BCUT2D eigenvalue weighted by Crippen LogP contribution is -2.47. The van der Waals surface area contributed by atoms with Gasteiger partial charge in [0.25, 0.3) is 0 Å². The molecular formula is C19H29N3S. The summed E-state index contributed by atoms with van der Waals surface area (Å²) in [5, 5.41) is 0. The minimum absolute atomic E-state index is 0.214. The number of piperazine rings is 1. The van der Waals surface area contributed by atoms with Crippen molar-refractivity contribution < 1.29 is 0 Å². The van der Waals surface area contributed by atoms with Crippen LogP contribution in [0.25, 0.3) is 0 Å². The number of fused-ring (bicyclic) bond motifs is 1. The summed E-state index contributed by atoms with van der Waals surface area (Å²) in [5.74, 6) is 0.575. The molecule has 4 heteroatoms. The molecule has 2 heterocycles. The highest BCUT2D eigenvalue weighted by molar-refractivity contribution is 7.80. The largest absolute Gasteiger partial charge is 0.369 e. The first kappa shape index (κ1) is 16.7. The standard InChI is InChI=1S/C19H29N3S/c1-14-13-19(2,3)21(5)17-7-6-15(12-16(14)17)18(23)22-10-8-20(4)9-11-22/h6-7,12,14H,8-11,13H2,1-5H3. The van der Waals surface area contributed by atoms with Crippen LogP contribution in [0.15, 0.2) is 18.2 Å². The highest BCUT2D eigenvalue weighted by Crippen LogP contribution is 2.42. The summed E-state index contributed by atoms with van der Waals surface area (Å²) in [4.78, 5) is 8.16. The second-order valence-corrected chi connectivity index (χ2v) is 8.23. The molecule has 1 fully saturated rings. The predicted octanol–water partition coefficient (Wildman–Crippen LogP) is 3.33. The van der Waals surface area contributed by atoms with Gasteiger partial charge in [0.05, 0.1) is 0 Å². The predicted molar refractivity (Wildman–Crippen MR) is 103 cm³/mol. The molecule has 3 rings (SSSR count). The Morgan fingerprint density at radius 3 is 2.43 bits per heavy atom. The molecule has 0 aliphatic carbocycles. The van der Waals surface area contributed by atoms with Crippen LogP contribution in [0.2, 0.25) is 0 Å². The number of benzene rings is 1. The van der Waals surface area contributed by atoms with E-state index in [2.05, 4.69) is 67.8 Å². The van der Waals surface area contributed by atoms with Gasteiger partial charge >= 0.3 is 0 Å². The molecule has 0 radical (unpaired) electrons. The fourth-order valence-electron chi connectivity index (χ4n) is 3.90. The molecule has 0 N–H and O–H groups in total. The lowest BCUT2D eigenvalue weighted by Gasteiger charge is -2.45. The van der Waals surface area contributed by atoms with Crippen molar-refractivity contribution >= 4 is 22.9 Å². The molecule has 2 aliphatic rings. The molecule has 1 atom stereocenters. The van der Waals surface area contributed by atoms with Crippen LogP contribution in [-0.2, 0) is 0 Å². The van der Waals surface area contributed by atoms with Crippen LogP contribution < -0.4 is 4.90 Å². The topological polar surface area (TPSA) is 9.72 Å². The third-order valence-corrected chi connectivity index (χ3v) is 6.16. The second kappa shape index (κ2) is 6.06. The van der Waals surface area contributed by atoms with Gasteiger partial charge in [0.15, 0.2) is 0 Å². The summed E-state index contributed by atoms with van der Waals surface area (Å²) in [5.41, 5.74) is 4.23. The Labute approximate surface area is 146 Å². The third kappa shape index (κ3) is 3.11. The molecular weight excluding hydrogens is 302 g/mol. The van der Waals surface area contributed by atoms with E-state index in [9.17, 15) is 0 Å². The quantitative estimate of drug-likeness (QED) is 0.730. The Bertz CT molecular complexity index is 603. The van der Waals surface area contributed by atoms with Gasteiger partial charge in [0.1, 0.15) is 4.99 Å². The Morgan fingerprint density at radius 2 is 1.78 bits per heavy atom. The van der Waals surface area contributed by atoms with Crippen molar-refractivity contribution in [2.24, 2.45) is 0 Å². The minimum atomic E-state index is 0.214. The van der Waals surface area contributed by atoms with Gasteiger partial charge in [-0.3, -0.25) is 0 Å². The van der Waals surface area contributed by atoms with Gasteiger partial charge < -0.3 is 14.7 Å². The summed E-state index contributed by atoms with van der Waals surface area (Å²) in [7, 11) is 4.39. The molecule has 1 unspecified atom stereocenters. The van der Waals surface area contributed by atoms with E-state index >= 15 is 0 Å². The first-order valence-corrected chi connectivity index (χ1v) is 9.06. The van der Waals surface area contributed by atoms with E-state index in [1.807, 2.05) is 0 Å². The zero-order valence-electron chi connectivity index (χ0n) is 15.1. The first-order chi connectivity index (χ1) is 10.8. The number of thiocarbonyl (C=S) groups is 1. The molecule has 0 spiro atoms. The van der Waals surface area contributed by atoms with Gasteiger partial charge in [0, 0.05) is 50.0 Å². The number of rotatable bonds is 1. The molecule has 0 aromatic heterocycles. The van der Waals surface area contributed by atoms with Gasteiger partial charge in [-0.25, -0.2) is 0 Å². The van der Waals surface area contributed by atoms with Crippen LogP contribution in [0.4, 0.5) is 5.69 Å². The molecule has 3 nitrogen and oxygen atoms in total. The van der Waals surface area contributed by atoms with E-state index in [0.717, 1.165) is 31.2 Å². The average molecular weight is 332 g/mol. The maximum atomic E-state index is 5.79. The summed E-state index contributed by atoms with van der Waals surface area (Å²) in [6.45, 7) is 11.3. The van der Waals surface area contributed by atoms with Crippen LogP contribution in [0.3, 0.4) is 0 Å². The fraction of sp³-hybridized carbons (Fsp3) is 0.632. The van der Waals surface area contributed by atoms with Crippen LogP contribution in [0, 0.1) is 0 Å². The van der Waals surface area contributed by atoms with Gasteiger partial charge in [-0.2, -0.15) is 0 Å². The van der Waals surface area contributed by atoms with Crippen LogP contribution >= 0.6 is 12.2 Å². The van der Waals surface area contributed by atoms with E-state index in [1.54, 1.807) is 0 Å². The summed E-state index contributed by atoms with van der Waals surface area (Å²) >= 11 is 5.79. The Balaban J connectivity index is 1.86. The summed E-state index contributed by atoms with van der Waals surface area (Å²) in [6.07, 6.45) is 1.18. The third-order valence-electron chi connectivity index (χ3n) is 5.67. The second-order valence-electron chi connectivity index (χ2n) is 7.85. The first-order valence-electron chi connectivity index (χ1n) is 8.65. The lowest BCUT2D eigenvalue weighted by molar-refractivity contribution is 0.218. The maximum absolute atomic E-state index is 5.79. The smallest absolute Gasteiger partial charge is 0.109 e. The molecule has 0 saturated carbocycles. The van der Waals surface area contributed by atoms with Gasteiger partial charge in [-0.05, 0) is 57.0 Å². The van der Waals surface area contributed by atoms with Crippen LogP contribution in [0.5, 0.6) is 0 Å². The molecule has 1 saturated heterocycles. The van der Waals surface area contributed by atoms with Crippen molar-refractivity contribution in [1.82, 2.24) is 9.80 Å². The van der Waals surface area contributed by atoms with Gasteiger partial charge in [-0.1, -0.05) is 19.1 Å². The van der Waals surface area contributed by atoms with Crippen molar-refractivity contribution in [3.63, 3.8) is 0 Å². The van der Waals surface area contributed by atoms with E-state index in [1.165, 1.54) is 23.2 Å². The normalized spacial score (nSPS) is 24.5. The van der Waals surface area contributed by atoms with E-state index < -0.39 is 0 Å². The Hall–Kier alpha value is -1.13. The molecule has 1 aromatic carbocycles. The lowest BCUT2D eigenvalue weighted by atomic mass is 9.80. The minimum Gasteiger partial charge on any atom is -0.369 e. The van der Waals surface area contributed by atoms with E-state index in [0.29, 0.717) is 5.92 Å². The van der Waals surface area contributed by atoms with Crippen molar-refractivity contribution in [3.05, 3.63) is 29.3 Å². The zero-order valence-corrected chi connectivity index (χ0v) is 15.9. The molecule has 0 bridgehead atoms. The monoisotopic (exact) mass is 331 g/mol. The summed E-state index contributed by atoms with van der Waals surface area (Å²) in [6, 6.07) is 6.82. The number of likely N-dealkylation sites (N-methyl/N-ethyl adjacent to an activating group) is 1. The van der Waals surface area contributed by atoms with E-state index in [-0.39, 0.29) is 5.54 Å². The fourth-order valence-corrected chi connectivity index (χ4v) is 4.21.